The van der Waals surface area contributed by atoms with Crippen molar-refractivity contribution in [2.75, 3.05) is 59.9 Å². The Labute approximate surface area is 117 Å². The summed E-state index contributed by atoms with van der Waals surface area (Å²) in [7, 11) is 1.66. The van der Waals surface area contributed by atoms with Crippen molar-refractivity contribution in [2.24, 2.45) is 0 Å². The van der Waals surface area contributed by atoms with Crippen LogP contribution in [-0.4, -0.2) is 65.9 Å². The first-order valence-corrected chi connectivity index (χ1v) is 7.23. The van der Waals surface area contributed by atoms with E-state index in [1.807, 2.05) is 0 Å². The quantitative estimate of drug-likeness (QED) is 0.459. The van der Waals surface area contributed by atoms with Crippen molar-refractivity contribution in [1.29, 1.82) is 0 Å². The number of nitrogens with one attached hydrogen (secondary N) is 1. The lowest BCUT2D eigenvalue weighted by Crippen LogP contribution is -2.23. The maximum Gasteiger partial charge on any atom is 0.0701 e. The Morgan fingerprint density at radius 2 is 1.26 bits per heavy atom. The average molecular weight is 277 g/mol. The van der Waals surface area contributed by atoms with Crippen molar-refractivity contribution in [3.63, 3.8) is 0 Å². The van der Waals surface area contributed by atoms with Crippen molar-refractivity contribution in [1.82, 2.24) is 5.32 Å². The lowest BCUT2D eigenvalue weighted by molar-refractivity contribution is 0.00328. The zero-order valence-electron chi connectivity index (χ0n) is 12.8. The number of hydrogen-bond acceptors (Lipinski definition) is 5. The van der Waals surface area contributed by atoms with Gasteiger partial charge in [-0.15, -0.1) is 0 Å². The summed E-state index contributed by atoms with van der Waals surface area (Å²) in [4.78, 5) is 0. The minimum atomic E-state index is 0.570. The van der Waals surface area contributed by atoms with Crippen molar-refractivity contribution in [2.45, 2.75) is 32.7 Å². The highest BCUT2D eigenvalue weighted by molar-refractivity contribution is 4.52. The maximum absolute atomic E-state index is 5.47. The van der Waals surface area contributed by atoms with Crippen molar-refractivity contribution in [3.05, 3.63) is 0 Å². The molecule has 0 unspecified atom stereocenters. The molecule has 0 fully saturated rings. The number of rotatable bonds is 15. The van der Waals surface area contributed by atoms with E-state index in [4.69, 9.17) is 18.9 Å². The molecule has 0 aliphatic carbocycles. The van der Waals surface area contributed by atoms with Gasteiger partial charge < -0.3 is 24.3 Å². The first-order chi connectivity index (χ1) is 9.27. The highest BCUT2D eigenvalue weighted by Gasteiger charge is 1.94. The van der Waals surface area contributed by atoms with Gasteiger partial charge in [0.2, 0.25) is 0 Å². The first kappa shape index (κ1) is 18.8. The summed E-state index contributed by atoms with van der Waals surface area (Å²) in [5.41, 5.74) is 0. The average Bonchev–Trinajstić information content (AvgIpc) is 2.39. The molecule has 0 aromatic heterocycles. The minimum absolute atomic E-state index is 0.570. The second kappa shape index (κ2) is 15.9. The Morgan fingerprint density at radius 1 is 0.737 bits per heavy atom. The van der Waals surface area contributed by atoms with E-state index in [0.717, 1.165) is 26.0 Å². The maximum atomic E-state index is 5.47. The molecule has 0 heterocycles. The topological polar surface area (TPSA) is 49.0 Å². The van der Waals surface area contributed by atoms with Crippen LogP contribution in [0.5, 0.6) is 0 Å². The zero-order valence-corrected chi connectivity index (χ0v) is 12.8. The van der Waals surface area contributed by atoms with E-state index < -0.39 is 0 Å². The molecule has 0 amide bonds. The SMILES string of the molecule is COCCOCCOCCOCCCCNC(C)C. The van der Waals surface area contributed by atoms with Crippen LogP contribution in [0.25, 0.3) is 0 Å². The zero-order chi connectivity index (χ0) is 14.2. The van der Waals surface area contributed by atoms with Gasteiger partial charge in [0.15, 0.2) is 0 Å². The molecule has 0 radical (unpaired) electrons. The van der Waals surface area contributed by atoms with Gasteiger partial charge in [-0.05, 0) is 19.4 Å². The molecule has 0 atom stereocenters. The molecule has 0 rings (SSSR count). The van der Waals surface area contributed by atoms with Gasteiger partial charge in [0.25, 0.3) is 0 Å². The predicted octanol–water partition coefficient (Wildman–Crippen LogP) is 1.46. The third-order valence-electron chi connectivity index (χ3n) is 2.44. The first-order valence-electron chi connectivity index (χ1n) is 7.23. The largest absolute Gasteiger partial charge is 0.382 e. The molecule has 0 saturated heterocycles. The van der Waals surface area contributed by atoms with E-state index in [1.54, 1.807) is 7.11 Å². The Kier molecular flexibility index (Phi) is 15.7. The van der Waals surface area contributed by atoms with Crippen LogP contribution in [0.1, 0.15) is 26.7 Å². The summed E-state index contributed by atoms with van der Waals surface area (Å²) in [6.45, 7) is 9.99. The Morgan fingerprint density at radius 3 is 1.79 bits per heavy atom. The number of hydrogen-bond donors (Lipinski definition) is 1. The summed E-state index contributed by atoms with van der Waals surface area (Å²) in [6.07, 6.45) is 2.26. The summed E-state index contributed by atoms with van der Waals surface area (Å²) in [6, 6.07) is 0.570. The molecule has 1 N–H and O–H groups in total. The van der Waals surface area contributed by atoms with Crippen molar-refractivity contribution in [3.8, 4) is 0 Å². The second-order valence-corrected chi connectivity index (χ2v) is 4.65. The van der Waals surface area contributed by atoms with Crippen LogP contribution in [0.2, 0.25) is 0 Å². The molecular formula is C14H31NO4. The standard InChI is InChI=1S/C14H31NO4/c1-14(2)15-6-4-5-7-17-10-11-19-13-12-18-9-8-16-3/h14-15H,4-13H2,1-3H3. The van der Waals surface area contributed by atoms with Gasteiger partial charge in [0, 0.05) is 19.8 Å². The fourth-order valence-electron chi connectivity index (χ4n) is 1.40. The van der Waals surface area contributed by atoms with E-state index >= 15 is 0 Å². The molecule has 0 spiro atoms. The lowest BCUT2D eigenvalue weighted by Gasteiger charge is -2.08. The van der Waals surface area contributed by atoms with Gasteiger partial charge in [-0.3, -0.25) is 0 Å². The van der Waals surface area contributed by atoms with E-state index in [0.29, 0.717) is 45.7 Å². The van der Waals surface area contributed by atoms with Gasteiger partial charge >= 0.3 is 0 Å². The van der Waals surface area contributed by atoms with Gasteiger partial charge in [0.1, 0.15) is 0 Å². The molecule has 19 heavy (non-hydrogen) atoms. The molecule has 0 aliphatic rings. The lowest BCUT2D eigenvalue weighted by atomic mass is 10.3. The highest BCUT2D eigenvalue weighted by atomic mass is 16.6. The number of unbranched alkanes of at least 4 members (excludes halogenated alkanes) is 1. The van der Waals surface area contributed by atoms with E-state index in [-0.39, 0.29) is 0 Å². The molecule has 0 aliphatic heterocycles. The molecule has 116 valence electrons. The Hall–Kier alpha value is -0.200. The summed E-state index contributed by atoms with van der Waals surface area (Å²) in [5.74, 6) is 0. The summed E-state index contributed by atoms with van der Waals surface area (Å²) in [5, 5.41) is 3.38. The fraction of sp³-hybridized carbons (Fsp3) is 1.00. The third kappa shape index (κ3) is 17.8. The van der Waals surface area contributed by atoms with Crippen LogP contribution >= 0.6 is 0 Å². The number of ether oxygens (including phenoxy) is 4. The smallest absolute Gasteiger partial charge is 0.0701 e. The molecule has 0 saturated carbocycles. The van der Waals surface area contributed by atoms with Gasteiger partial charge in [-0.1, -0.05) is 13.8 Å². The molecule has 5 heteroatoms. The summed E-state index contributed by atoms with van der Waals surface area (Å²) < 4.78 is 21.0. The molecule has 0 aromatic rings. The second-order valence-electron chi connectivity index (χ2n) is 4.65. The minimum Gasteiger partial charge on any atom is -0.382 e. The van der Waals surface area contributed by atoms with Crippen LogP contribution < -0.4 is 5.32 Å². The molecule has 0 aromatic carbocycles. The Balaban J connectivity index is 2.91. The predicted molar refractivity (Wildman–Crippen MR) is 76.7 cm³/mol. The molecular weight excluding hydrogens is 246 g/mol. The molecule has 0 bridgehead atoms. The van der Waals surface area contributed by atoms with Crippen LogP contribution in [0.3, 0.4) is 0 Å². The van der Waals surface area contributed by atoms with Crippen LogP contribution in [0, 0.1) is 0 Å². The molecule has 5 nitrogen and oxygen atoms in total. The van der Waals surface area contributed by atoms with E-state index in [9.17, 15) is 0 Å². The monoisotopic (exact) mass is 277 g/mol. The van der Waals surface area contributed by atoms with Crippen molar-refractivity contribution < 1.29 is 18.9 Å². The fourth-order valence-corrected chi connectivity index (χ4v) is 1.40. The van der Waals surface area contributed by atoms with E-state index in [1.165, 1.54) is 0 Å². The van der Waals surface area contributed by atoms with Gasteiger partial charge in [-0.2, -0.15) is 0 Å². The normalized spacial score (nSPS) is 11.4. The summed E-state index contributed by atoms with van der Waals surface area (Å²) >= 11 is 0. The number of methoxy groups -OCH3 is 1. The third-order valence-corrected chi connectivity index (χ3v) is 2.44. The highest BCUT2D eigenvalue weighted by Crippen LogP contribution is 1.90. The van der Waals surface area contributed by atoms with E-state index in [2.05, 4.69) is 19.2 Å². The van der Waals surface area contributed by atoms with Crippen LogP contribution in [0.4, 0.5) is 0 Å². The van der Waals surface area contributed by atoms with Crippen molar-refractivity contribution >= 4 is 0 Å². The van der Waals surface area contributed by atoms with Crippen LogP contribution in [0.15, 0.2) is 0 Å². The Bertz CT molecular complexity index is 168. The van der Waals surface area contributed by atoms with Gasteiger partial charge in [0.05, 0.1) is 39.6 Å². The van der Waals surface area contributed by atoms with Crippen LogP contribution in [-0.2, 0) is 18.9 Å². The van der Waals surface area contributed by atoms with Gasteiger partial charge in [-0.25, -0.2) is 0 Å².